The fourth-order valence-electron chi connectivity index (χ4n) is 4.61. The van der Waals surface area contributed by atoms with Gasteiger partial charge in [-0.3, -0.25) is 4.79 Å². The van der Waals surface area contributed by atoms with Crippen molar-refractivity contribution in [3.05, 3.63) is 35.5 Å². The third kappa shape index (κ3) is 2.96. The first kappa shape index (κ1) is 19.0. The van der Waals surface area contributed by atoms with E-state index < -0.39 is 0 Å². The summed E-state index contributed by atoms with van der Waals surface area (Å²) in [4.78, 5) is 17.8. The number of ether oxygens (including phenoxy) is 1. The number of benzene rings is 1. The van der Waals surface area contributed by atoms with Gasteiger partial charge in [0.15, 0.2) is 5.65 Å². The smallest absolute Gasteiger partial charge is 0.257 e. The summed E-state index contributed by atoms with van der Waals surface area (Å²) in [6.07, 6.45) is 4.31. The summed E-state index contributed by atoms with van der Waals surface area (Å²) in [6.45, 7) is 0.431. The maximum atomic E-state index is 13.1. The highest BCUT2D eigenvalue weighted by atomic mass is 16.5. The normalized spacial score (nSPS) is 20.8. The molecule has 11 nitrogen and oxygen atoms in total. The van der Waals surface area contributed by atoms with Crippen LogP contribution < -0.4 is 16.0 Å². The quantitative estimate of drug-likeness (QED) is 0.416. The molecule has 0 radical (unpaired) electrons. The third-order valence-corrected chi connectivity index (χ3v) is 6.25. The van der Waals surface area contributed by atoms with Crippen molar-refractivity contribution < 1.29 is 9.53 Å². The molecule has 1 amide bonds. The molecule has 11 heteroatoms. The Balaban J connectivity index is 1.56. The molecule has 32 heavy (non-hydrogen) atoms. The third-order valence-electron chi connectivity index (χ3n) is 6.25. The topological polar surface area (TPSA) is 123 Å². The Kier molecular flexibility index (Phi) is 4.25. The van der Waals surface area contributed by atoms with E-state index in [0.717, 1.165) is 41.5 Å². The Hall–Kier alpha value is -3.73. The first-order valence-corrected chi connectivity index (χ1v) is 10.7. The van der Waals surface area contributed by atoms with E-state index in [9.17, 15) is 4.79 Å². The minimum atomic E-state index is -0.195. The SMILES string of the molecule is CNc1cc2nc3c(cnn13)C(=O)N[C@@H]1CCC[C@@H]1OCc1cc(c3nnn(C)c3c1)N2. The number of carbonyl (C=O) groups excluding carboxylic acids is 1. The molecule has 2 aliphatic rings. The summed E-state index contributed by atoms with van der Waals surface area (Å²) >= 11 is 0. The standard InChI is InChI=1S/C21H23N9O2/c1-22-18-8-17-24-14-6-11(7-15-19(14)27-28-29(15)2)10-32-16-5-3-4-13(16)25-21(31)12-9-23-30(18)20(12)26-17/h6-9,13,16,22H,3-5,10H2,1-2H3,(H,24,26)(H,25,31)/t13-,16+/m1/s1. The molecule has 6 rings (SSSR count). The van der Waals surface area contributed by atoms with Crippen molar-refractivity contribution in [2.75, 3.05) is 17.7 Å². The molecule has 1 aromatic carbocycles. The summed E-state index contributed by atoms with van der Waals surface area (Å²) in [5, 5.41) is 22.5. The van der Waals surface area contributed by atoms with Gasteiger partial charge in [-0.15, -0.1) is 5.10 Å². The van der Waals surface area contributed by atoms with E-state index in [1.807, 2.05) is 25.2 Å². The molecule has 3 aromatic heterocycles. The van der Waals surface area contributed by atoms with Gasteiger partial charge in [0.05, 0.1) is 36.2 Å². The lowest BCUT2D eigenvalue weighted by atomic mass is 10.1. The zero-order chi connectivity index (χ0) is 21.8. The first-order valence-electron chi connectivity index (χ1n) is 10.7. The maximum absolute atomic E-state index is 13.1. The van der Waals surface area contributed by atoms with Crippen molar-refractivity contribution in [3.63, 3.8) is 0 Å². The second-order valence-corrected chi connectivity index (χ2v) is 8.28. The number of anilines is 3. The number of hydrogen-bond acceptors (Lipinski definition) is 8. The van der Waals surface area contributed by atoms with Gasteiger partial charge in [0, 0.05) is 20.2 Å². The lowest BCUT2D eigenvalue weighted by molar-refractivity contribution is 0.0273. The number of fused-ring (bicyclic) bond motifs is 6. The first-order chi connectivity index (χ1) is 15.6. The predicted molar refractivity (Wildman–Crippen MR) is 118 cm³/mol. The molecule has 0 spiro atoms. The van der Waals surface area contributed by atoms with E-state index in [4.69, 9.17) is 9.72 Å². The Labute approximate surface area is 183 Å². The zero-order valence-corrected chi connectivity index (χ0v) is 17.8. The molecule has 0 saturated heterocycles. The number of rotatable bonds is 1. The lowest BCUT2D eigenvalue weighted by Crippen LogP contribution is -2.41. The van der Waals surface area contributed by atoms with Crippen LogP contribution in [0.4, 0.5) is 17.3 Å². The molecule has 1 aliphatic carbocycles. The Morgan fingerprint density at radius 1 is 1.25 bits per heavy atom. The number of nitrogens with one attached hydrogen (secondary N) is 3. The summed E-state index contributed by atoms with van der Waals surface area (Å²) in [7, 11) is 3.67. The van der Waals surface area contributed by atoms with Crippen LogP contribution in [0.5, 0.6) is 0 Å². The molecule has 1 aliphatic heterocycles. The number of nitrogens with zero attached hydrogens (tertiary/aromatic N) is 6. The average Bonchev–Trinajstić information content (AvgIpc) is 3.50. The predicted octanol–water partition coefficient (Wildman–Crippen LogP) is 1.98. The van der Waals surface area contributed by atoms with Gasteiger partial charge < -0.3 is 20.7 Å². The number of amides is 1. The molecule has 1 fully saturated rings. The highest BCUT2D eigenvalue weighted by Gasteiger charge is 2.31. The Morgan fingerprint density at radius 3 is 3.03 bits per heavy atom. The molecule has 164 valence electrons. The van der Waals surface area contributed by atoms with Gasteiger partial charge in [0.2, 0.25) is 0 Å². The van der Waals surface area contributed by atoms with E-state index in [0.29, 0.717) is 29.5 Å². The minimum absolute atomic E-state index is 0.0445. The van der Waals surface area contributed by atoms with Crippen LogP contribution in [0.2, 0.25) is 0 Å². The summed E-state index contributed by atoms with van der Waals surface area (Å²) < 4.78 is 9.64. The summed E-state index contributed by atoms with van der Waals surface area (Å²) in [6, 6.07) is 5.85. The van der Waals surface area contributed by atoms with Crippen LogP contribution in [0, 0.1) is 0 Å². The second kappa shape index (κ2) is 7.16. The van der Waals surface area contributed by atoms with Crippen LogP contribution >= 0.6 is 0 Å². The molecule has 3 N–H and O–H groups in total. The number of aromatic nitrogens is 6. The van der Waals surface area contributed by atoms with Crippen LogP contribution in [0.15, 0.2) is 24.4 Å². The molecule has 4 aromatic rings. The number of carbonyl (C=O) groups is 1. The van der Waals surface area contributed by atoms with Crippen molar-refractivity contribution >= 4 is 39.9 Å². The van der Waals surface area contributed by atoms with Crippen molar-refractivity contribution in [3.8, 4) is 0 Å². The minimum Gasteiger partial charge on any atom is -0.373 e. The van der Waals surface area contributed by atoms with E-state index >= 15 is 0 Å². The Bertz CT molecular complexity index is 1360. The Morgan fingerprint density at radius 2 is 2.16 bits per heavy atom. The highest BCUT2D eigenvalue weighted by Crippen LogP contribution is 2.30. The molecular formula is C21H23N9O2. The molecule has 0 unspecified atom stereocenters. The molecule has 4 bridgehead atoms. The van der Waals surface area contributed by atoms with E-state index in [-0.39, 0.29) is 18.1 Å². The zero-order valence-electron chi connectivity index (χ0n) is 17.8. The monoisotopic (exact) mass is 433 g/mol. The van der Waals surface area contributed by atoms with Crippen molar-refractivity contribution in [1.29, 1.82) is 0 Å². The van der Waals surface area contributed by atoms with Crippen LogP contribution in [-0.4, -0.2) is 54.7 Å². The van der Waals surface area contributed by atoms with Gasteiger partial charge in [-0.2, -0.15) is 9.61 Å². The molecular weight excluding hydrogens is 410 g/mol. The van der Waals surface area contributed by atoms with Crippen LogP contribution in [-0.2, 0) is 18.4 Å². The molecule has 4 heterocycles. The van der Waals surface area contributed by atoms with Gasteiger partial charge in [0.25, 0.3) is 5.91 Å². The van der Waals surface area contributed by atoms with Gasteiger partial charge >= 0.3 is 0 Å². The molecule has 2 atom stereocenters. The lowest BCUT2D eigenvalue weighted by Gasteiger charge is -2.22. The number of aryl methyl sites for hydroxylation is 1. The average molecular weight is 433 g/mol. The largest absolute Gasteiger partial charge is 0.373 e. The fourth-order valence-corrected chi connectivity index (χ4v) is 4.61. The van der Waals surface area contributed by atoms with Crippen molar-refractivity contribution in [2.45, 2.75) is 38.0 Å². The second-order valence-electron chi connectivity index (χ2n) is 8.28. The van der Waals surface area contributed by atoms with Crippen LogP contribution in [0.3, 0.4) is 0 Å². The summed E-state index contributed by atoms with van der Waals surface area (Å²) in [5.74, 6) is 1.08. The van der Waals surface area contributed by atoms with Crippen molar-refractivity contribution in [1.82, 2.24) is 34.9 Å². The van der Waals surface area contributed by atoms with Crippen molar-refractivity contribution in [2.24, 2.45) is 7.05 Å². The maximum Gasteiger partial charge on any atom is 0.257 e. The van der Waals surface area contributed by atoms with Gasteiger partial charge in [-0.05, 0) is 37.0 Å². The fraction of sp³-hybridized carbons (Fsp3) is 0.381. The van der Waals surface area contributed by atoms with E-state index in [2.05, 4.69) is 31.4 Å². The number of hydrogen-bond donors (Lipinski definition) is 3. The van der Waals surface area contributed by atoms with Gasteiger partial charge in [-0.25, -0.2) is 9.67 Å². The van der Waals surface area contributed by atoms with Crippen LogP contribution in [0.25, 0.3) is 16.7 Å². The van der Waals surface area contributed by atoms with Gasteiger partial charge in [-0.1, -0.05) is 5.21 Å². The van der Waals surface area contributed by atoms with E-state index in [1.54, 1.807) is 22.4 Å². The van der Waals surface area contributed by atoms with Crippen LogP contribution in [0.1, 0.15) is 35.2 Å². The van der Waals surface area contributed by atoms with Gasteiger partial charge in [0.1, 0.15) is 22.7 Å². The van der Waals surface area contributed by atoms with E-state index in [1.165, 1.54) is 0 Å². The summed E-state index contributed by atoms with van der Waals surface area (Å²) in [5.41, 5.74) is 4.30. The highest BCUT2D eigenvalue weighted by molar-refractivity contribution is 6.00. The molecule has 1 saturated carbocycles.